The molecule has 224 valence electrons. The van der Waals surface area contributed by atoms with Crippen molar-refractivity contribution in [3.8, 4) is 11.5 Å². The molecule has 0 bridgehead atoms. The van der Waals surface area contributed by atoms with Gasteiger partial charge in [0.1, 0.15) is 22.7 Å². The van der Waals surface area contributed by atoms with Crippen LogP contribution in [0.3, 0.4) is 0 Å². The van der Waals surface area contributed by atoms with Gasteiger partial charge in [0, 0.05) is 17.6 Å². The van der Waals surface area contributed by atoms with Crippen LogP contribution in [0, 0.1) is 11.8 Å². The van der Waals surface area contributed by atoms with E-state index >= 15 is 0 Å². The molecular formula is C35H48O6. The molecule has 0 spiro atoms. The predicted molar refractivity (Wildman–Crippen MR) is 164 cm³/mol. The van der Waals surface area contributed by atoms with Crippen molar-refractivity contribution < 1.29 is 28.5 Å². The van der Waals surface area contributed by atoms with Crippen LogP contribution in [0.15, 0.2) is 73.8 Å². The Morgan fingerprint density at radius 3 is 1.68 bits per heavy atom. The maximum atomic E-state index is 11.6. The monoisotopic (exact) mass is 564 g/mol. The van der Waals surface area contributed by atoms with Crippen LogP contribution >= 0.6 is 0 Å². The molecule has 0 N–H and O–H groups in total. The van der Waals surface area contributed by atoms with Crippen molar-refractivity contribution in [1.29, 1.82) is 0 Å². The van der Waals surface area contributed by atoms with Gasteiger partial charge in [-0.15, -0.1) is 0 Å². The molecule has 2 aromatic carbocycles. The molecular weight excluding hydrogens is 516 g/mol. The van der Waals surface area contributed by atoms with E-state index in [0.717, 1.165) is 17.9 Å². The first-order valence-electron chi connectivity index (χ1n) is 14.2. The van der Waals surface area contributed by atoms with Gasteiger partial charge in [0.15, 0.2) is 0 Å². The minimum atomic E-state index is -0.585. The van der Waals surface area contributed by atoms with Gasteiger partial charge >= 0.3 is 11.9 Å². The van der Waals surface area contributed by atoms with Crippen molar-refractivity contribution >= 4 is 11.9 Å². The topological polar surface area (TPSA) is 71.1 Å². The quantitative estimate of drug-likeness (QED) is 0.153. The van der Waals surface area contributed by atoms with Crippen LogP contribution < -0.4 is 9.47 Å². The minimum absolute atomic E-state index is 0.149. The van der Waals surface area contributed by atoms with E-state index in [4.69, 9.17) is 18.9 Å². The molecule has 0 fully saturated rings. The van der Waals surface area contributed by atoms with Crippen LogP contribution in [0.5, 0.6) is 11.5 Å². The van der Waals surface area contributed by atoms with Gasteiger partial charge in [-0.25, -0.2) is 9.59 Å². The average Bonchev–Trinajstić information content (AvgIpc) is 2.89. The molecule has 0 aliphatic rings. The van der Waals surface area contributed by atoms with Gasteiger partial charge in [0.25, 0.3) is 0 Å². The van der Waals surface area contributed by atoms with E-state index < -0.39 is 23.1 Å². The van der Waals surface area contributed by atoms with Crippen molar-refractivity contribution in [3.05, 3.63) is 85.0 Å². The number of benzene rings is 2. The summed E-state index contributed by atoms with van der Waals surface area (Å²) in [6, 6.07) is 16.4. The first-order chi connectivity index (χ1) is 19.1. The summed E-state index contributed by atoms with van der Waals surface area (Å²) in [5.74, 6) is 1.12. The normalized spacial score (nSPS) is 13.5. The third kappa shape index (κ3) is 11.1. The van der Waals surface area contributed by atoms with E-state index in [1.165, 1.54) is 23.3 Å². The van der Waals surface area contributed by atoms with Crippen molar-refractivity contribution in [1.82, 2.24) is 0 Å². The first kappa shape index (κ1) is 33.7. The van der Waals surface area contributed by atoms with E-state index in [9.17, 15) is 9.59 Å². The zero-order valence-corrected chi connectivity index (χ0v) is 26.1. The third-order valence-corrected chi connectivity index (χ3v) is 6.98. The Hall–Kier alpha value is -3.54. The van der Waals surface area contributed by atoms with Crippen LogP contribution in [0.4, 0.5) is 0 Å². The van der Waals surface area contributed by atoms with Crippen LogP contribution in [0.2, 0.25) is 0 Å². The lowest BCUT2D eigenvalue weighted by atomic mass is 9.78. The largest absolute Gasteiger partial charge is 0.493 e. The molecule has 2 aromatic rings. The van der Waals surface area contributed by atoms with Crippen molar-refractivity contribution in [3.63, 3.8) is 0 Å². The summed E-state index contributed by atoms with van der Waals surface area (Å²) in [5.41, 5.74) is 1.12. The highest BCUT2D eigenvalue weighted by Gasteiger charge is 2.27. The lowest BCUT2D eigenvalue weighted by Crippen LogP contribution is -2.32. The predicted octanol–water partition coefficient (Wildman–Crippen LogP) is 7.84. The summed E-state index contributed by atoms with van der Waals surface area (Å²) < 4.78 is 22.9. The molecule has 0 saturated carbocycles. The molecule has 6 heteroatoms. The van der Waals surface area contributed by atoms with E-state index in [1.54, 1.807) is 0 Å². The zero-order chi connectivity index (χ0) is 30.8. The summed E-state index contributed by atoms with van der Waals surface area (Å²) in [6.07, 6.45) is 3.78. The molecule has 0 saturated heterocycles. The van der Waals surface area contributed by atoms with Gasteiger partial charge in [-0.2, -0.15) is 0 Å². The summed E-state index contributed by atoms with van der Waals surface area (Å²) in [7, 11) is 0. The van der Waals surface area contributed by atoms with Gasteiger partial charge in [0.05, 0.1) is 13.2 Å². The number of rotatable bonds is 16. The van der Waals surface area contributed by atoms with Crippen molar-refractivity contribution in [2.24, 2.45) is 11.8 Å². The van der Waals surface area contributed by atoms with Crippen LogP contribution in [-0.2, 0) is 24.5 Å². The molecule has 0 amide bonds. The average molecular weight is 565 g/mol. The Labute approximate surface area is 246 Å². The van der Waals surface area contributed by atoms with Crippen LogP contribution in [0.25, 0.3) is 0 Å². The molecule has 0 aliphatic carbocycles. The summed E-state index contributed by atoms with van der Waals surface area (Å²) >= 11 is 0. The number of carbonyl (C=O) groups is 2. The molecule has 6 nitrogen and oxygen atoms in total. The number of hydrogen-bond donors (Lipinski definition) is 0. The molecule has 2 atom stereocenters. The van der Waals surface area contributed by atoms with Gasteiger partial charge < -0.3 is 18.9 Å². The van der Waals surface area contributed by atoms with Gasteiger partial charge in [0.2, 0.25) is 0 Å². The van der Waals surface area contributed by atoms with Gasteiger partial charge in [-0.1, -0.05) is 65.1 Å². The second-order valence-electron chi connectivity index (χ2n) is 12.7. The lowest BCUT2D eigenvalue weighted by Gasteiger charge is -2.30. The Bertz CT molecular complexity index is 1160. The molecule has 0 heterocycles. The lowest BCUT2D eigenvalue weighted by molar-refractivity contribution is -0.151. The summed E-state index contributed by atoms with van der Waals surface area (Å²) in [5, 5.41) is 0. The van der Waals surface area contributed by atoms with E-state index in [0.29, 0.717) is 19.6 Å². The number of ether oxygens (including phenoxy) is 4. The standard InChI is InChI=1S/C35H48O6/c1-11-31(36)39-24-26(4)21-33(5,6)40-30-19-15-28(16-20-30)35(9,10)27-13-17-29(18-14-27)38-23-25(3)22-34(7,8)41-32(37)12-2/h11-20,25-26H,1-2,21-24H2,3-10H3. The van der Waals surface area contributed by atoms with Crippen LogP contribution in [-0.4, -0.2) is 36.4 Å². The molecule has 0 aromatic heterocycles. The number of hydrogen-bond acceptors (Lipinski definition) is 6. The third-order valence-electron chi connectivity index (χ3n) is 6.98. The SMILES string of the molecule is C=CC(=O)OCC(C)CC(C)(C)Oc1ccc(C(C)(C)c2ccc(OCC(C)CC(C)(C)OC(=O)C=C)cc2)cc1. The fraction of sp³-hybridized carbons (Fsp3) is 0.486. The Morgan fingerprint density at radius 2 is 1.17 bits per heavy atom. The van der Waals surface area contributed by atoms with Crippen molar-refractivity contribution in [2.45, 2.75) is 84.8 Å². The number of carbonyl (C=O) groups excluding carboxylic acids is 2. The second-order valence-corrected chi connectivity index (χ2v) is 12.7. The Morgan fingerprint density at radius 1 is 0.707 bits per heavy atom. The fourth-order valence-electron chi connectivity index (χ4n) is 5.11. The zero-order valence-electron chi connectivity index (χ0n) is 26.1. The number of esters is 2. The first-order valence-corrected chi connectivity index (χ1v) is 14.2. The van der Waals surface area contributed by atoms with E-state index in [1.807, 2.05) is 58.9 Å². The van der Waals surface area contributed by atoms with Gasteiger partial charge in [-0.3, -0.25) is 0 Å². The van der Waals surface area contributed by atoms with E-state index in [-0.39, 0.29) is 17.3 Å². The summed E-state index contributed by atoms with van der Waals surface area (Å²) in [6.45, 7) is 24.1. The van der Waals surface area contributed by atoms with Crippen molar-refractivity contribution in [2.75, 3.05) is 13.2 Å². The van der Waals surface area contributed by atoms with E-state index in [2.05, 4.69) is 58.2 Å². The molecule has 0 radical (unpaired) electrons. The smallest absolute Gasteiger partial charge is 0.330 e. The second kappa shape index (κ2) is 14.4. The Balaban J connectivity index is 1.96. The molecule has 2 rings (SSSR count). The maximum Gasteiger partial charge on any atom is 0.330 e. The fourth-order valence-corrected chi connectivity index (χ4v) is 5.11. The maximum absolute atomic E-state index is 11.6. The van der Waals surface area contributed by atoms with Crippen LogP contribution in [0.1, 0.15) is 79.4 Å². The molecule has 2 unspecified atom stereocenters. The highest BCUT2D eigenvalue weighted by molar-refractivity contribution is 5.81. The minimum Gasteiger partial charge on any atom is -0.493 e. The van der Waals surface area contributed by atoms with Gasteiger partial charge in [-0.05, 0) is 87.8 Å². The summed E-state index contributed by atoms with van der Waals surface area (Å²) in [4.78, 5) is 22.9. The Kier molecular flexibility index (Phi) is 11.8. The molecule has 0 aliphatic heterocycles. The highest BCUT2D eigenvalue weighted by atomic mass is 16.6. The molecule has 41 heavy (non-hydrogen) atoms. The highest BCUT2D eigenvalue weighted by Crippen LogP contribution is 2.34.